The van der Waals surface area contributed by atoms with Gasteiger partial charge >= 0.3 is 11.9 Å². The Morgan fingerprint density at radius 3 is 1.36 bits per heavy atom. The van der Waals surface area contributed by atoms with Crippen LogP contribution in [0.4, 0.5) is 0 Å². The van der Waals surface area contributed by atoms with Crippen LogP contribution in [0.15, 0.2) is 97.1 Å². The number of fused-ring (bicyclic) bond motifs is 4. The van der Waals surface area contributed by atoms with Gasteiger partial charge in [-0.1, -0.05) is 83.3 Å². The van der Waals surface area contributed by atoms with E-state index in [1.54, 1.807) is 0 Å². The van der Waals surface area contributed by atoms with Gasteiger partial charge in [-0.3, -0.25) is 9.59 Å². The topological polar surface area (TPSA) is 69.4 Å². The molecule has 0 fully saturated rings. The molecule has 6 nitrogen and oxygen atoms in total. The highest BCUT2D eigenvalue weighted by Crippen LogP contribution is 2.27. The Morgan fingerprint density at radius 1 is 0.614 bits per heavy atom. The van der Waals surface area contributed by atoms with E-state index in [-0.39, 0.29) is 35.9 Å². The fraction of sp³-hybridized carbons (Fsp3) is 0.222. The molecular weight excluding hydrogens is 778 g/mol. The van der Waals surface area contributed by atoms with Crippen molar-refractivity contribution in [3.63, 3.8) is 0 Å². The predicted octanol–water partition coefficient (Wildman–Crippen LogP) is 4.47. The Kier molecular flexibility index (Phi) is 13.7. The Morgan fingerprint density at radius 2 is 0.955 bits per heavy atom. The second kappa shape index (κ2) is 17.2. The fourth-order valence-electron chi connectivity index (χ4n) is 5.44. The van der Waals surface area contributed by atoms with E-state index >= 15 is 0 Å². The van der Waals surface area contributed by atoms with E-state index in [9.17, 15) is 9.59 Å². The summed E-state index contributed by atoms with van der Waals surface area (Å²) in [5.41, 5.74) is 6.66. The summed E-state index contributed by atoms with van der Waals surface area (Å²) in [5, 5.41) is 4.61. The Bertz CT molecular complexity index is 1780. The number of aryl methyl sites for hydroxylation is 3. The molecule has 0 aliphatic heterocycles. The van der Waals surface area contributed by atoms with Gasteiger partial charge in [-0.25, -0.2) is 4.98 Å². The molecule has 4 aromatic carbocycles. The molecule has 0 saturated heterocycles. The molecule has 0 aliphatic rings. The van der Waals surface area contributed by atoms with Crippen LogP contribution in [0.25, 0.3) is 43.6 Å². The average Bonchev–Trinajstić information content (AvgIpc) is 3.07. The molecule has 6 rings (SSSR count). The molecule has 0 atom stereocenters. The number of rotatable bonds is 6. The zero-order valence-electron chi connectivity index (χ0n) is 25.3. The molecule has 6 aromatic rings. The first-order chi connectivity index (χ1) is 21.0. The first kappa shape index (κ1) is 35.1. The maximum absolute atomic E-state index is 11.5. The number of aromatic nitrogens is 2. The lowest BCUT2D eigenvalue weighted by molar-refractivity contribution is -0.617. The van der Waals surface area contributed by atoms with Gasteiger partial charge < -0.3 is 33.5 Å². The number of hydrogen-bond donors (Lipinski definition) is 0. The van der Waals surface area contributed by atoms with Crippen molar-refractivity contribution < 1.29 is 47.6 Å². The fourth-order valence-corrected chi connectivity index (χ4v) is 5.44. The largest absolute Gasteiger partial charge is 1.00 e. The number of esters is 2. The van der Waals surface area contributed by atoms with Gasteiger partial charge in [0, 0.05) is 35.7 Å². The molecule has 2 aromatic heterocycles. The van der Waals surface area contributed by atoms with Crippen LogP contribution in [0.3, 0.4) is 0 Å². The lowest BCUT2D eigenvalue weighted by atomic mass is 9.98. The van der Waals surface area contributed by atoms with Gasteiger partial charge in [-0.15, -0.1) is 0 Å². The molecule has 0 aliphatic carbocycles. The molecule has 0 amide bonds. The van der Waals surface area contributed by atoms with Crippen LogP contribution < -0.4 is 28.5 Å². The summed E-state index contributed by atoms with van der Waals surface area (Å²) >= 11 is 2.15. The second-order valence-corrected chi connectivity index (χ2v) is 9.85. The lowest BCUT2D eigenvalue weighted by Crippen LogP contribution is -3.00. The van der Waals surface area contributed by atoms with Crippen molar-refractivity contribution in [2.24, 2.45) is 7.05 Å². The van der Waals surface area contributed by atoms with Crippen LogP contribution in [0.1, 0.15) is 24.0 Å². The van der Waals surface area contributed by atoms with Crippen molar-refractivity contribution in [2.75, 3.05) is 19.2 Å². The first-order valence-corrected chi connectivity index (χ1v) is 16.2. The third-order valence-corrected chi connectivity index (χ3v) is 7.49. The normalized spacial score (nSPS) is 10.3. The van der Waals surface area contributed by atoms with Gasteiger partial charge in [-0.05, 0) is 53.2 Å². The zero-order chi connectivity index (χ0) is 30.8. The molecule has 0 bridgehead atoms. The molecule has 0 N–H and O–H groups in total. The summed E-state index contributed by atoms with van der Waals surface area (Å²) in [6, 6.07) is 32.7. The van der Waals surface area contributed by atoms with Crippen LogP contribution in [0.2, 0.25) is 0 Å². The maximum Gasteiger partial charge on any atom is 0.305 e. The number of ether oxygens (including phenoxy) is 2. The Labute approximate surface area is 288 Å². The van der Waals surface area contributed by atoms with E-state index in [0.29, 0.717) is 25.7 Å². The molecule has 2 heterocycles. The Hall–Kier alpha value is -3.38. The van der Waals surface area contributed by atoms with Crippen molar-refractivity contribution in [3.8, 4) is 0 Å². The van der Waals surface area contributed by atoms with Crippen molar-refractivity contribution in [1.82, 2.24) is 4.98 Å². The highest BCUT2D eigenvalue weighted by atomic mass is 127. The van der Waals surface area contributed by atoms with Gasteiger partial charge in [0.15, 0.2) is 0 Å². The number of benzene rings is 4. The van der Waals surface area contributed by atoms with Crippen molar-refractivity contribution in [1.29, 1.82) is 0 Å². The van der Waals surface area contributed by atoms with Crippen LogP contribution in [-0.4, -0.2) is 36.1 Å². The van der Waals surface area contributed by atoms with Crippen molar-refractivity contribution in [2.45, 2.75) is 25.7 Å². The third kappa shape index (κ3) is 8.01. The monoisotopic (exact) mass is 814 g/mol. The molecule has 0 spiro atoms. The van der Waals surface area contributed by atoms with E-state index in [0.717, 1.165) is 27.4 Å². The second-order valence-electron chi connectivity index (χ2n) is 9.85. The molecule has 228 valence electrons. The minimum atomic E-state index is -0.185. The van der Waals surface area contributed by atoms with Crippen LogP contribution in [0, 0.1) is 0 Å². The number of hydrogen-bond acceptors (Lipinski definition) is 5. The Balaban J connectivity index is 0.000000223. The molecule has 0 unspecified atom stereocenters. The first-order valence-electron chi connectivity index (χ1n) is 14.1. The van der Waals surface area contributed by atoms with Crippen molar-refractivity contribution in [3.05, 3.63) is 108 Å². The lowest BCUT2D eigenvalue weighted by Gasteiger charge is -2.10. The smallest absolute Gasteiger partial charge is 0.305 e. The van der Waals surface area contributed by atoms with E-state index in [2.05, 4.69) is 75.6 Å². The van der Waals surface area contributed by atoms with Gasteiger partial charge in [0.25, 0.3) is 0 Å². The van der Waals surface area contributed by atoms with Gasteiger partial charge in [0.05, 0.1) is 36.0 Å². The average molecular weight is 815 g/mol. The number of para-hydroxylation sites is 4. The van der Waals surface area contributed by atoms with E-state index in [1.165, 1.54) is 41.6 Å². The molecular formula is C36H36I2N2O4. The van der Waals surface area contributed by atoms with E-state index in [4.69, 9.17) is 9.47 Å². The van der Waals surface area contributed by atoms with Crippen molar-refractivity contribution >= 4 is 78.1 Å². The van der Waals surface area contributed by atoms with Gasteiger partial charge in [0.1, 0.15) is 7.05 Å². The van der Waals surface area contributed by atoms with Gasteiger partial charge in [0.2, 0.25) is 11.0 Å². The van der Waals surface area contributed by atoms with Crippen LogP contribution in [0.5, 0.6) is 0 Å². The van der Waals surface area contributed by atoms with E-state index in [1.807, 2.05) is 65.6 Å². The summed E-state index contributed by atoms with van der Waals surface area (Å²) in [6.45, 7) is 0. The summed E-state index contributed by atoms with van der Waals surface area (Å²) in [5.74, 6) is -0.355. The predicted molar refractivity (Wildman–Crippen MR) is 182 cm³/mol. The van der Waals surface area contributed by atoms with Gasteiger partial charge in [-0.2, -0.15) is 4.57 Å². The highest BCUT2D eigenvalue weighted by molar-refractivity contribution is 14.1. The van der Waals surface area contributed by atoms with Crippen LogP contribution >= 0.6 is 22.6 Å². The molecule has 0 saturated carbocycles. The van der Waals surface area contributed by atoms with E-state index < -0.39 is 0 Å². The SMILES string of the molecule is CI.COC(=O)CCc1c2ccccc2[n+](C)c2ccccc12.COC(=O)CCc1c2ccccc2nc2ccccc12.[I-]. The quantitative estimate of drug-likeness (QED) is 0.0818. The number of carbonyl (C=O) groups excluding carboxylic acids is 2. The number of methoxy groups -OCH3 is 2. The highest BCUT2D eigenvalue weighted by Gasteiger charge is 2.17. The maximum atomic E-state index is 11.5. The number of halogens is 2. The summed E-state index contributed by atoms with van der Waals surface area (Å²) < 4.78 is 11.7. The summed E-state index contributed by atoms with van der Waals surface area (Å²) in [4.78, 5) is 29.6. The number of nitrogens with zero attached hydrogens (tertiary/aromatic N) is 2. The van der Waals surface area contributed by atoms with Crippen LogP contribution in [-0.2, 0) is 39.0 Å². The number of alkyl halides is 1. The molecule has 8 heteroatoms. The minimum absolute atomic E-state index is 0. The number of carbonyl (C=O) groups is 2. The summed E-state index contributed by atoms with van der Waals surface area (Å²) in [7, 11) is 4.93. The summed E-state index contributed by atoms with van der Waals surface area (Å²) in [6.07, 6.45) is 2.14. The zero-order valence-corrected chi connectivity index (χ0v) is 29.7. The molecule has 44 heavy (non-hydrogen) atoms. The third-order valence-electron chi connectivity index (χ3n) is 7.49. The molecule has 0 radical (unpaired) electrons. The number of pyridine rings is 2. The standard InChI is InChI=1S/C18H18NO2.C17H15NO2.CH3I.HI/c1-19-16-9-5-3-7-14(16)13(11-12-18(20)21-2)15-8-4-6-10-17(15)19;1-20-17(19)11-10-12-13-6-2-4-8-15(13)18-16-9-5-3-7-14(12)16;1-2;/h3-10H,11-12H2,1-2H3;2-9H,10-11H2,1H3;1H3;1H/q+1;;;/p-1. The minimum Gasteiger partial charge on any atom is -1.00 e.